The SMILES string of the molecule is O=C(NC1CC=CCC1)N[C@@H]1c2ccccc2C[C@@H]1O. The third kappa shape index (κ3) is 2.70. The van der Waals surface area contributed by atoms with Gasteiger partial charge in [-0.3, -0.25) is 0 Å². The summed E-state index contributed by atoms with van der Waals surface area (Å²) in [6.07, 6.45) is 7.20. The van der Waals surface area contributed by atoms with Gasteiger partial charge in [0.15, 0.2) is 0 Å². The van der Waals surface area contributed by atoms with Gasteiger partial charge in [-0.05, 0) is 30.4 Å². The third-order valence-electron chi connectivity index (χ3n) is 4.09. The lowest BCUT2D eigenvalue weighted by Crippen LogP contribution is -2.45. The van der Waals surface area contributed by atoms with Crippen LogP contribution in [-0.2, 0) is 6.42 Å². The molecule has 3 atom stereocenters. The van der Waals surface area contributed by atoms with Crippen molar-refractivity contribution in [3.8, 4) is 0 Å². The fraction of sp³-hybridized carbons (Fsp3) is 0.438. The summed E-state index contributed by atoms with van der Waals surface area (Å²) < 4.78 is 0. The number of aliphatic hydroxyl groups is 1. The van der Waals surface area contributed by atoms with E-state index in [9.17, 15) is 9.90 Å². The van der Waals surface area contributed by atoms with Gasteiger partial charge < -0.3 is 15.7 Å². The first-order valence-electron chi connectivity index (χ1n) is 7.22. The van der Waals surface area contributed by atoms with E-state index < -0.39 is 6.10 Å². The number of allylic oxidation sites excluding steroid dienone is 1. The molecule has 4 heteroatoms. The topological polar surface area (TPSA) is 61.4 Å². The minimum atomic E-state index is -0.538. The average molecular weight is 272 g/mol. The summed E-state index contributed by atoms with van der Waals surface area (Å²) in [5.74, 6) is 0. The predicted octanol–water partition coefficient (Wildman–Crippen LogP) is 2.05. The molecule has 4 nitrogen and oxygen atoms in total. The van der Waals surface area contributed by atoms with Gasteiger partial charge in [-0.15, -0.1) is 0 Å². The Morgan fingerprint density at radius 1 is 1.20 bits per heavy atom. The first-order chi connectivity index (χ1) is 9.74. The summed E-state index contributed by atoms with van der Waals surface area (Å²) in [6, 6.07) is 7.59. The van der Waals surface area contributed by atoms with Gasteiger partial charge in [-0.2, -0.15) is 0 Å². The molecule has 0 aliphatic heterocycles. The highest BCUT2D eigenvalue weighted by Crippen LogP contribution is 2.31. The minimum absolute atomic E-state index is 0.189. The van der Waals surface area contributed by atoms with Crippen LogP contribution in [0.5, 0.6) is 0 Å². The summed E-state index contributed by atoms with van der Waals surface area (Å²) in [7, 11) is 0. The van der Waals surface area contributed by atoms with Gasteiger partial charge in [0.05, 0.1) is 12.1 Å². The van der Waals surface area contributed by atoms with Crippen LogP contribution in [0.3, 0.4) is 0 Å². The van der Waals surface area contributed by atoms with Gasteiger partial charge >= 0.3 is 6.03 Å². The van der Waals surface area contributed by atoms with Gasteiger partial charge in [-0.25, -0.2) is 4.79 Å². The van der Waals surface area contributed by atoms with Crippen molar-refractivity contribution >= 4 is 6.03 Å². The summed E-state index contributed by atoms with van der Waals surface area (Å²) in [6.45, 7) is 0. The van der Waals surface area contributed by atoms with Crippen LogP contribution < -0.4 is 10.6 Å². The molecule has 20 heavy (non-hydrogen) atoms. The van der Waals surface area contributed by atoms with Gasteiger partial charge in [0, 0.05) is 12.5 Å². The van der Waals surface area contributed by atoms with Crippen LogP contribution in [0.15, 0.2) is 36.4 Å². The van der Waals surface area contributed by atoms with Crippen molar-refractivity contribution in [1.29, 1.82) is 0 Å². The zero-order valence-electron chi connectivity index (χ0n) is 11.4. The lowest BCUT2D eigenvalue weighted by molar-refractivity contribution is 0.141. The second-order valence-corrected chi connectivity index (χ2v) is 5.55. The van der Waals surface area contributed by atoms with Crippen molar-refractivity contribution in [3.63, 3.8) is 0 Å². The van der Waals surface area contributed by atoms with E-state index in [4.69, 9.17) is 0 Å². The first kappa shape index (κ1) is 13.2. The van der Waals surface area contributed by atoms with Crippen LogP contribution in [0.2, 0.25) is 0 Å². The minimum Gasteiger partial charge on any atom is -0.390 e. The molecule has 106 valence electrons. The van der Waals surface area contributed by atoms with Crippen LogP contribution in [0, 0.1) is 0 Å². The van der Waals surface area contributed by atoms with E-state index in [2.05, 4.69) is 22.8 Å². The molecule has 3 rings (SSSR count). The summed E-state index contributed by atoms with van der Waals surface area (Å²) in [5, 5.41) is 16.0. The number of benzene rings is 1. The maximum Gasteiger partial charge on any atom is 0.315 e. The Bertz CT molecular complexity index is 527. The Morgan fingerprint density at radius 2 is 2.05 bits per heavy atom. The number of hydrogen-bond donors (Lipinski definition) is 3. The number of carbonyl (C=O) groups is 1. The van der Waals surface area contributed by atoms with Crippen LogP contribution in [0.25, 0.3) is 0 Å². The summed E-state index contributed by atoms with van der Waals surface area (Å²) >= 11 is 0. The van der Waals surface area contributed by atoms with Crippen molar-refractivity contribution < 1.29 is 9.90 Å². The molecule has 2 aliphatic carbocycles. The van der Waals surface area contributed by atoms with Gasteiger partial charge in [-0.1, -0.05) is 36.4 Å². The molecule has 0 heterocycles. The van der Waals surface area contributed by atoms with Crippen molar-refractivity contribution in [1.82, 2.24) is 10.6 Å². The molecule has 3 N–H and O–H groups in total. The largest absolute Gasteiger partial charge is 0.390 e. The highest BCUT2D eigenvalue weighted by atomic mass is 16.3. The molecule has 0 bridgehead atoms. The van der Waals surface area contributed by atoms with Crippen molar-refractivity contribution in [3.05, 3.63) is 47.5 Å². The number of nitrogens with one attached hydrogen (secondary N) is 2. The molecule has 1 unspecified atom stereocenters. The molecule has 0 fully saturated rings. The van der Waals surface area contributed by atoms with Crippen LogP contribution in [-0.4, -0.2) is 23.3 Å². The normalized spacial score (nSPS) is 27.9. The third-order valence-corrected chi connectivity index (χ3v) is 4.09. The van der Waals surface area contributed by atoms with E-state index in [-0.39, 0.29) is 18.1 Å². The first-order valence-corrected chi connectivity index (χ1v) is 7.22. The number of aliphatic hydroxyl groups excluding tert-OH is 1. The van der Waals surface area contributed by atoms with E-state index in [1.807, 2.05) is 24.3 Å². The van der Waals surface area contributed by atoms with Crippen molar-refractivity contribution in [2.24, 2.45) is 0 Å². The van der Waals surface area contributed by atoms with Gasteiger partial charge in [0.25, 0.3) is 0 Å². The van der Waals surface area contributed by atoms with Crippen LogP contribution in [0.1, 0.15) is 36.4 Å². The molecular formula is C16H20N2O2. The molecule has 1 aromatic rings. The maximum absolute atomic E-state index is 12.1. The molecule has 0 radical (unpaired) electrons. The molecule has 1 aromatic carbocycles. The smallest absolute Gasteiger partial charge is 0.315 e. The fourth-order valence-corrected chi connectivity index (χ4v) is 3.04. The molecule has 0 saturated heterocycles. The number of carbonyl (C=O) groups excluding carboxylic acids is 1. The molecule has 2 amide bonds. The Morgan fingerprint density at radius 3 is 2.85 bits per heavy atom. The quantitative estimate of drug-likeness (QED) is 0.722. The molecule has 0 saturated carbocycles. The standard InChI is InChI=1S/C16H20N2O2/c19-14-10-11-6-4-5-9-13(11)15(14)18-16(20)17-12-7-2-1-3-8-12/h1-2,4-6,9,12,14-15,19H,3,7-8,10H2,(H2,17,18,20)/t12?,14-,15+/m0/s1. The molecule has 0 aromatic heterocycles. The monoisotopic (exact) mass is 272 g/mol. The van der Waals surface area contributed by atoms with E-state index in [0.717, 1.165) is 30.4 Å². The van der Waals surface area contributed by atoms with E-state index in [0.29, 0.717) is 6.42 Å². The van der Waals surface area contributed by atoms with E-state index >= 15 is 0 Å². The highest BCUT2D eigenvalue weighted by molar-refractivity contribution is 5.75. The molecular weight excluding hydrogens is 252 g/mol. The Balaban J connectivity index is 1.62. The summed E-state index contributed by atoms with van der Waals surface area (Å²) in [5.41, 5.74) is 2.14. The lowest BCUT2D eigenvalue weighted by atomic mass is 10.0. The van der Waals surface area contributed by atoms with Gasteiger partial charge in [0.1, 0.15) is 0 Å². The average Bonchev–Trinajstić information content (AvgIpc) is 2.76. The summed E-state index contributed by atoms with van der Waals surface area (Å²) in [4.78, 5) is 12.1. The Kier molecular flexibility index (Phi) is 3.74. The maximum atomic E-state index is 12.1. The van der Waals surface area contributed by atoms with E-state index in [1.54, 1.807) is 0 Å². The Hall–Kier alpha value is -1.81. The predicted molar refractivity (Wildman–Crippen MR) is 77.3 cm³/mol. The number of rotatable bonds is 2. The zero-order chi connectivity index (χ0) is 13.9. The van der Waals surface area contributed by atoms with Crippen molar-refractivity contribution in [2.45, 2.75) is 43.9 Å². The molecule has 0 spiro atoms. The second-order valence-electron chi connectivity index (χ2n) is 5.55. The number of hydrogen-bond acceptors (Lipinski definition) is 2. The van der Waals surface area contributed by atoms with Crippen molar-refractivity contribution in [2.75, 3.05) is 0 Å². The Labute approximate surface area is 118 Å². The fourth-order valence-electron chi connectivity index (χ4n) is 3.04. The zero-order valence-corrected chi connectivity index (χ0v) is 11.4. The molecule has 2 aliphatic rings. The number of urea groups is 1. The number of fused-ring (bicyclic) bond motifs is 1. The van der Waals surface area contributed by atoms with Gasteiger partial charge in [0.2, 0.25) is 0 Å². The van der Waals surface area contributed by atoms with E-state index in [1.165, 1.54) is 0 Å². The highest BCUT2D eigenvalue weighted by Gasteiger charge is 2.32. The second kappa shape index (κ2) is 5.67. The number of amides is 2. The van der Waals surface area contributed by atoms with Crippen LogP contribution in [0.4, 0.5) is 4.79 Å². The lowest BCUT2D eigenvalue weighted by Gasteiger charge is -2.23. The van der Waals surface area contributed by atoms with Crippen LogP contribution >= 0.6 is 0 Å².